The maximum Gasteiger partial charge on any atom is 0.0789 e. The summed E-state index contributed by atoms with van der Waals surface area (Å²) in [6, 6.07) is 21.6. The molecule has 2 rings (SSSR count). The monoisotopic (exact) mass is 491 g/mol. The lowest BCUT2D eigenvalue weighted by atomic mass is 9.96. The van der Waals surface area contributed by atoms with Gasteiger partial charge in [-0.05, 0) is 42.4 Å². The Morgan fingerprint density at radius 3 is 1.50 bits per heavy atom. The second kappa shape index (κ2) is 13.9. The van der Waals surface area contributed by atoms with Crippen molar-refractivity contribution < 1.29 is 28.5 Å². The number of benzene rings is 2. The first-order valence-electron chi connectivity index (χ1n) is 10.9. The minimum absolute atomic E-state index is 0. The van der Waals surface area contributed by atoms with E-state index in [9.17, 15) is 0 Å². The van der Waals surface area contributed by atoms with Crippen molar-refractivity contribution in [1.82, 2.24) is 0 Å². The van der Waals surface area contributed by atoms with Gasteiger partial charge in [0, 0.05) is 6.42 Å². The molecule has 0 fully saturated rings. The number of allylic oxidation sites excluding steroid dienone is 1. The van der Waals surface area contributed by atoms with Gasteiger partial charge in [-0.3, -0.25) is 0 Å². The number of hydrogen-bond donors (Lipinski definition) is 0. The molecule has 0 unspecified atom stereocenters. The molecule has 0 aliphatic heterocycles. The smallest absolute Gasteiger partial charge is 0.0789 e. The van der Waals surface area contributed by atoms with Crippen LogP contribution < -0.4 is 24.0 Å². The minimum Gasteiger partial charge on any atom is -1.00 e. The second-order valence-corrected chi connectivity index (χ2v) is 7.73. The molecule has 2 aromatic carbocycles. The van der Waals surface area contributed by atoms with Crippen LogP contribution in [0.15, 0.2) is 66.7 Å². The van der Waals surface area contributed by atoms with Crippen LogP contribution >= 0.6 is 0 Å². The zero-order valence-corrected chi connectivity index (χ0v) is 20.2. The van der Waals surface area contributed by atoms with Crippen molar-refractivity contribution in [2.75, 3.05) is 26.2 Å². The van der Waals surface area contributed by atoms with Crippen molar-refractivity contribution in [3.8, 4) is 0 Å². The zero-order chi connectivity index (χ0) is 19.4. The van der Waals surface area contributed by atoms with E-state index < -0.39 is 0 Å². The molecular weight excluding hydrogens is 453 g/mol. The maximum atomic E-state index is 2.46. The molecule has 0 bridgehead atoms. The lowest BCUT2D eigenvalue weighted by Crippen LogP contribution is -3.00. The van der Waals surface area contributed by atoms with E-state index in [1.54, 1.807) is 0 Å². The molecule has 154 valence electrons. The van der Waals surface area contributed by atoms with Crippen LogP contribution in [0.3, 0.4) is 0 Å². The van der Waals surface area contributed by atoms with Gasteiger partial charge in [-0.1, -0.05) is 87.5 Å². The van der Waals surface area contributed by atoms with E-state index in [0.29, 0.717) is 0 Å². The molecule has 0 aliphatic carbocycles. The molecule has 0 saturated carbocycles. The van der Waals surface area contributed by atoms with E-state index in [1.165, 1.54) is 73.0 Å². The normalized spacial score (nSPS) is 11.0. The molecule has 0 saturated heterocycles. The molecule has 1 nitrogen and oxygen atoms in total. The Balaban J connectivity index is 0.00000392. The molecule has 0 aromatic heterocycles. The Labute approximate surface area is 190 Å². The van der Waals surface area contributed by atoms with E-state index in [4.69, 9.17) is 0 Å². The molecule has 2 heteroatoms. The molecule has 28 heavy (non-hydrogen) atoms. The van der Waals surface area contributed by atoms with Crippen LogP contribution in [0.25, 0.3) is 5.57 Å². The molecule has 0 atom stereocenters. The molecule has 0 aliphatic rings. The Morgan fingerprint density at radius 1 is 0.679 bits per heavy atom. The molecule has 0 radical (unpaired) electrons. The van der Waals surface area contributed by atoms with Crippen LogP contribution in [0.5, 0.6) is 0 Å². The number of unbranched alkanes of at least 4 members (excludes halogenated alkanes) is 1. The third-order valence-electron chi connectivity index (χ3n) is 5.45. The van der Waals surface area contributed by atoms with Gasteiger partial charge in [0.15, 0.2) is 0 Å². The van der Waals surface area contributed by atoms with E-state index in [-0.39, 0.29) is 24.0 Å². The Morgan fingerprint density at radius 2 is 1.11 bits per heavy atom. The number of hydrogen-bond acceptors (Lipinski definition) is 0. The molecular formula is C26H38IN. The van der Waals surface area contributed by atoms with Gasteiger partial charge in [-0.2, -0.15) is 0 Å². The predicted molar refractivity (Wildman–Crippen MR) is 120 cm³/mol. The largest absolute Gasteiger partial charge is 1.00 e. The molecule has 0 spiro atoms. The first kappa shape index (κ1) is 24.9. The van der Waals surface area contributed by atoms with Crippen molar-refractivity contribution in [2.24, 2.45) is 0 Å². The summed E-state index contributed by atoms with van der Waals surface area (Å²) in [5.74, 6) is 0. The highest BCUT2D eigenvalue weighted by Gasteiger charge is 2.23. The highest BCUT2D eigenvalue weighted by atomic mass is 127. The fourth-order valence-corrected chi connectivity index (χ4v) is 4.40. The molecule has 0 heterocycles. The van der Waals surface area contributed by atoms with Gasteiger partial charge in [-0.15, -0.1) is 0 Å². The van der Waals surface area contributed by atoms with Crippen LogP contribution in [-0.2, 0) is 0 Å². The summed E-state index contributed by atoms with van der Waals surface area (Å²) in [6.45, 7) is 12.3. The third kappa shape index (κ3) is 7.71. The lowest BCUT2D eigenvalue weighted by molar-refractivity contribution is -0.928. The van der Waals surface area contributed by atoms with Gasteiger partial charge in [-0.25, -0.2) is 0 Å². The summed E-state index contributed by atoms with van der Waals surface area (Å²) in [7, 11) is 0. The van der Waals surface area contributed by atoms with Gasteiger partial charge < -0.3 is 28.5 Å². The standard InChI is InChI=1S/C26H38N.HI/c1-4-20-27(21-5-2,22-6-3)23-14-13-19-26(24-15-9-7-10-16-24)25-17-11-8-12-18-25;/h7-12,15-19H,4-6,13-14,20-23H2,1-3H3;1H/q+1;/p-1. The third-order valence-corrected chi connectivity index (χ3v) is 5.45. The van der Waals surface area contributed by atoms with Crippen molar-refractivity contribution in [3.05, 3.63) is 77.9 Å². The summed E-state index contributed by atoms with van der Waals surface area (Å²) in [6.07, 6.45) is 8.74. The van der Waals surface area contributed by atoms with Crippen LogP contribution in [-0.4, -0.2) is 30.7 Å². The van der Waals surface area contributed by atoms with Crippen molar-refractivity contribution in [2.45, 2.75) is 52.9 Å². The van der Waals surface area contributed by atoms with Crippen molar-refractivity contribution in [1.29, 1.82) is 0 Å². The van der Waals surface area contributed by atoms with E-state index in [1.807, 2.05) is 0 Å². The summed E-state index contributed by atoms with van der Waals surface area (Å²) < 4.78 is 1.31. The first-order chi connectivity index (χ1) is 13.2. The van der Waals surface area contributed by atoms with E-state index in [2.05, 4.69) is 87.5 Å². The average molecular weight is 492 g/mol. The van der Waals surface area contributed by atoms with E-state index >= 15 is 0 Å². The maximum absolute atomic E-state index is 2.46. The summed E-state index contributed by atoms with van der Waals surface area (Å²) in [4.78, 5) is 0. The Hall–Kier alpha value is -1.13. The fraction of sp³-hybridized carbons (Fsp3) is 0.462. The minimum atomic E-state index is 0. The first-order valence-corrected chi connectivity index (χ1v) is 10.9. The number of nitrogens with zero attached hydrogens (tertiary/aromatic N) is 1. The van der Waals surface area contributed by atoms with Crippen LogP contribution in [0, 0.1) is 0 Å². The van der Waals surface area contributed by atoms with Crippen LogP contribution in [0.4, 0.5) is 0 Å². The van der Waals surface area contributed by atoms with Gasteiger partial charge in [0.2, 0.25) is 0 Å². The van der Waals surface area contributed by atoms with Gasteiger partial charge in [0.25, 0.3) is 0 Å². The van der Waals surface area contributed by atoms with Crippen LogP contribution in [0.2, 0.25) is 0 Å². The number of rotatable bonds is 12. The number of halogens is 1. The topological polar surface area (TPSA) is 0 Å². The highest BCUT2D eigenvalue weighted by Crippen LogP contribution is 2.24. The quantitative estimate of drug-likeness (QED) is 0.240. The molecule has 2 aromatic rings. The predicted octanol–water partition coefficient (Wildman–Crippen LogP) is 3.95. The van der Waals surface area contributed by atoms with Gasteiger partial charge in [0.05, 0.1) is 26.2 Å². The number of quaternary nitrogens is 1. The van der Waals surface area contributed by atoms with E-state index in [0.717, 1.165) is 6.42 Å². The zero-order valence-electron chi connectivity index (χ0n) is 18.0. The molecule has 0 N–H and O–H groups in total. The molecule has 0 amide bonds. The average Bonchev–Trinajstić information content (AvgIpc) is 2.70. The summed E-state index contributed by atoms with van der Waals surface area (Å²) in [5.41, 5.74) is 4.01. The second-order valence-electron chi connectivity index (χ2n) is 7.73. The van der Waals surface area contributed by atoms with Gasteiger partial charge in [0.1, 0.15) is 0 Å². The SMILES string of the molecule is CCC[N+](CCC)(CCC)CCCC=C(c1ccccc1)c1ccccc1.[I-]. The fourth-order valence-electron chi connectivity index (χ4n) is 4.40. The van der Waals surface area contributed by atoms with Gasteiger partial charge >= 0.3 is 0 Å². The Bertz CT molecular complexity index is 605. The van der Waals surface area contributed by atoms with Crippen molar-refractivity contribution in [3.63, 3.8) is 0 Å². The summed E-state index contributed by atoms with van der Waals surface area (Å²) >= 11 is 0. The summed E-state index contributed by atoms with van der Waals surface area (Å²) in [5, 5.41) is 0. The Kier molecular flexibility index (Phi) is 12.4. The van der Waals surface area contributed by atoms with Crippen LogP contribution in [0.1, 0.15) is 64.0 Å². The lowest BCUT2D eigenvalue weighted by Gasteiger charge is -2.38. The highest BCUT2D eigenvalue weighted by molar-refractivity contribution is 5.79. The van der Waals surface area contributed by atoms with Crippen molar-refractivity contribution >= 4 is 5.57 Å².